The number of amides is 1. The van der Waals surface area contributed by atoms with Crippen LogP contribution in [0.4, 0.5) is 0 Å². The lowest BCUT2D eigenvalue weighted by molar-refractivity contribution is -0.0856. The maximum absolute atomic E-state index is 12.9. The molecular formula is C31H37N3O2. The van der Waals surface area contributed by atoms with Gasteiger partial charge in [-0.15, -0.1) is 0 Å². The second-order valence-electron chi connectivity index (χ2n) is 11.3. The molecule has 1 amide bonds. The van der Waals surface area contributed by atoms with Crippen LogP contribution in [0.15, 0.2) is 70.8 Å². The summed E-state index contributed by atoms with van der Waals surface area (Å²) in [5, 5.41) is 3.51. The van der Waals surface area contributed by atoms with Crippen molar-refractivity contribution in [3.05, 3.63) is 76.9 Å². The maximum atomic E-state index is 12.9. The number of rotatable bonds is 5. The fraction of sp³-hybridized carbons (Fsp3) is 0.484. The second-order valence-corrected chi connectivity index (χ2v) is 11.3. The number of benzene rings is 1. The average molecular weight is 484 g/mol. The van der Waals surface area contributed by atoms with E-state index in [4.69, 9.17) is 9.73 Å². The first-order valence-electron chi connectivity index (χ1n) is 13.7. The van der Waals surface area contributed by atoms with Gasteiger partial charge in [0, 0.05) is 37.6 Å². The normalized spacial score (nSPS) is 34.6. The van der Waals surface area contributed by atoms with Gasteiger partial charge in [-0.25, -0.2) is 0 Å². The minimum absolute atomic E-state index is 0. The van der Waals surface area contributed by atoms with E-state index in [9.17, 15) is 4.79 Å². The number of aliphatic imine (C=N–C) groups is 1. The lowest BCUT2D eigenvalue weighted by Gasteiger charge is -2.45. The molecule has 5 nitrogen and oxygen atoms in total. The van der Waals surface area contributed by atoms with E-state index in [1.54, 1.807) is 0 Å². The van der Waals surface area contributed by atoms with E-state index in [2.05, 4.69) is 47.8 Å². The van der Waals surface area contributed by atoms with Crippen LogP contribution in [-0.4, -0.2) is 60.4 Å². The van der Waals surface area contributed by atoms with Crippen LogP contribution in [0, 0.1) is 11.3 Å². The van der Waals surface area contributed by atoms with Crippen molar-refractivity contribution in [1.82, 2.24) is 10.2 Å². The van der Waals surface area contributed by atoms with Crippen molar-refractivity contribution in [3.8, 4) is 0 Å². The van der Waals surface area contributed by atoms with Gasteiger partial charge < -0.3 is 15.0 Å². The van der Waals surface area contributed by atoms with Crippen molar-refractivity contribution in [1.29, 1.82) is 0 Å². The molecule has 1 N–H and O–H groups in total. The molecule has 2 saturated carbocycles. The van der Waals surface area contributed by atoms with Crippen LogP contribution in [0.1, 0.15) is 56.9 Å². The van der Waals surface area contributed by atoms with Gasteiger partial charge in [0.25, 0.3) is 5.91 Å². The summed E-state index contributed by atoms with van der Waals surface area (Å²) in [4.78, 5) is 19.5. The average Bonchev–Trinajstić information content (AvgIpc) is 3.81. The molecule has 0 radical (unpaired) electrons. The lowest BCUT2D eigenvalue weighted by atomic mass is 9.76. The Morgan fingerprint density at radius 1 is 1.17 bits per heavy atom. The monoisotopic (exact) mass is 483 g/mol. The highest BCUT2D eigenvalue weighted by Crippen LogP contribution is 2.67. The van der Waals surface area contributed by atoms with Gasteiger partial charge in [-0.2, -0.15) is 0 Å². The summed E-state index contributed by atoms with van der Waals surface area (Å²) < 4.78 is 7.10. The number of ether oxygens (including phenoxy) is 1. The zero-order valence-corrected chi connectivity index (χ0v) is 21.3. The minimum atomic E-state index is -0.219. The summed E-state index contributed by atoms with van der Waals surface area (Å²) in [5.41, 5.74) is 5.64. The maximum Gasteiger partial charge on any atom is 0.253 e. The van der Waals surface area contributed by atoms with E-state index in [0.29, 0.717) is 12.0 Å². The minimum Gasteiger partial charge on any atom is -0.359 e. The Balaban J connectivity index is 0.00000252. The SMILES string of the molecule is CCN(CC)C(=O)c1ccc(C2=CC3(CCNCC3)OC34CC3C=C(C35C=CC=NC3C5)C=C24)cc1.[HH]. The molecule has 1 saturated heterocycles. The summed E-state index contributed by atoms with van der Waals surface area (Å²) in [6.07, 6.45) is 17.9. The summed E-state index contributed by atoms with van der Waals surface area (Å²) in [6.45, 7) is 7.48. The van der Waals surface area contributed by atoms with Crippen molar-refractivity contribution in [2.45, 2.75) is 56.8 Å². The number of fused-ring (bicyclic) bond motifs is 1. The first kappa shape index (κ1) is 22.4. The molecule has 3 aliphatic heterocycles. The smallest absolute Gasteiger partial charge is 0.253 e. The Labute approximate surface area is 215 Å². The standard InChI is InChI=1S/C31H35N3O2.H2/c1-3-34(4-2)28(35)22-8-6-21(7-9-22)25-19-29(11-14-32-15-12-29)36-31-18-24(31)16-23(17-26(25)31)30-10-5-13-33-27(30)20-30;/h5-10,13,16-17,19,24,27,32H,3-4,11-12,14-15,18,20H2,1-2H3;1H. The predicted octanol–water partition coefficient (Wildman–Crippen LogP) is 4.97. The van der Waals surface area contributed by atoms with Crippen LogP contribution in [0.5, 0.6) is 0 Å². The topological polar surface area (TPSA) is 53.9 Å². The van der Waals surface area contributed by atoms with Gasteiger partial charge >= 0.3 is 0 Å². The van der Waals surface area contributed by atoms with Crippen LogP contribution >= 0.6 is 0 Å². The highest BCUT2D eigenvalue weighted by molar-refractivity contribution is 5.95. The summed E-state index contributed by atoms with van der Waals surface area (Å²) >= 11 is 0. The van der Waals surface area contributed by atoms with Crippen molar-refractivity contribution in [3.63, 3.8) is 0 Å². The number of piperidine rings is 1. The molecule has 2 spiro atoms. The van der Waals surface area contributed by atoms with Gasteiger partial charge in [0.15, 0.2) is 0 Å². The van der Waals surface area contributed by atoms with Gasteiger partial charge in [-0.1, -0.05) is 30.4 Å². The van der Waals surface area contributed by atoms with Crippen LogP contribution in [-0.2, 0) is 4.74 Å². The van der Waals surface area contributed by atoms with E-state index in [1.807, 2.05) is 37.1 Å². The molecule has 4 atom stereocenters. The number of hydrogen-bond acceptors (Lipinski definition) is 4. The molecule has 5 heteroatoms. The third-order valence-electron chi connectivity index (χ3n) is 9.37. The van der Waals surface area contributed by atoms with E-state index in [-0.39, 0.29) is 24.0 Å². The third kappa shape index (κ3) is 3.22. The number of carbonyl (C=O) groups excluding carboxylic acids is 1. The summed E-state index contributed by atoms with van der Waals surface area (Å²) in [7, 11) is 0. The molecule has 3 heterocycles. The summed E-state index contributed by atoms with van der Waals surface area (Å²) in [5.74, 6) is 0.535. The molecule has 7 rings (SSSR count). The number of hydrogen-bond donors (Lipinski definition) is 1. The van der Waals surface area contributed by atoms with Gasteiger partial charge in [0.1, 0.15) is 5.60 Å². The van der Waals surface area contributed by atoms with Crippen molar-refractivity contribution in [2.75, 3.05) is 26.2 Å². The number of nitrogens with one attached hydrogen (secondary N) is 1. The number of nitrogens with zero attached hydrogens (tertiary/aromatic N) is 2. The highest BCUT2D eigenvalue weighted by Gasteiger charge is 2.66. The Hall–Kier alpha value is -2.76. The number of carbonyl (C=O) groups is 1. The van der Waals surface area contributed by atoms with Gasteiger partial charge in [0.05, 0.1) is 11.6 Å². The van der Waals surface area contributed by atoms with E-state index < -0.39 is 0 Å². The molecule has 36 heavy (non-hydrogen) atoms. The fourth-order valence-electron chi connectivity index (χ4n) is 7.04. The predicted molar refractivity (Wildman–Crippen MR) is 145 cm³/mol. The van der Waals surface area contributed by atoms with Gasteiger partial charge in [0.2, 0.25) is 0 Å². The first-order chi connectivity index (χ1) is 17.5. The van der Waals surface area contributed by atoms with Crippen LogP contribution < -0.4 is 5.32 Å². The molecule has 0 aromatic heterocycles. The van der Waals surface area contributed by atoms with Gasteiger partial charge in [-0.05, 0) is 99.2 Å². The number of allylic oxidation sites excluding steroid dienone is 2. The van der Waals surface area contributed by atoms with Crippen molar-refractivity contribution < 1.29 is 11.0 Å². The molecule has 3 aliphatic carbocycles. The molecule has 188 valence electrons. The van der Waals surface area contributed by atoms with Crippen molar-refractivity contribution >= 4 is 17.7 Å². The fourth-order valence-corrected chi connectivity index (χ4v) is 7.04. The van der Waals surface area contributed by atoms with E-state index >= 15 is 0 Å². The molecule has 4 unspecified atom stereocenters. The molecule has 1 aromatic rings. The Kier molecular flexibility index (Phi) is 4.90. The Morgan fingerprint density at radius 3 is 2.67 bits per heavy atom. The van der Waals surface area contributed by atoms with Crippen LogP contribution in [0.2, 0.25) is 0 Å². The molecule has 0 bridgehead atoms. The molecular weight excluding hydrogens is 446 g/mol. The molecule has 1 aromatic carbocycles. The van der Waals surface area contributed by atoms with Crippen molar-refractivity contribution in [2.24, 2.45) is 16.3 Å². The first-order valence-corrected chi connectivity index (χ1v) is 13.7. The van der Waals surface area contributed by atoms with E-state index in [0.717, 1.165) is 57.4 Å². The third-order valence-corrected chi connectivity index (χ3v) is 9.37. The quantitative estimate of drug-likeness (QED) is 0.643. The molecule has 3 fully saturated rings. The molecule has 6 aliphatic rings. The zero-order chi connectivity index (χ0) is 24.5. The highest BCUT2D eigenvalue weighted by atomic mass is 16.5. The second kappa shape index (κ2) is 7.87. The summed E-state index contributed by atoms with van der Waals surface area (Å²) in [6, 6.07) is 8.69. The largest absolute Gasteiger partial charge is 0.359 e. The van der Waals surface area contributed by atoms with Crippen LogP contribution in [0.25, 0.3) is 5.57 Å². The lowest BCUT2D eigenvalue weighted by Crippen LogP contribution is -2.49. The Morgan fingerprint density at radius 2 is 1.94 bits per heavy atom. The van der Waals surface area contributed by atoms with Gasteiger partial charge in [-0.3, -0.25) is 9.79 Å². The zero-order valence-electron chi connectivity index (χ0n) is 21.3. The van der Waals surface area contributed by atoms with E-state index in [1.165, 1.54) is 22.3 Å². The Bertz CT molecular complexity index is 1270. The van der Waals surface area contributed by atoms with Crippen LogP contribution in [0.3, 0.4) is 0 Å². The number of dihydropyridines is 1.